The van der Waals surface area contributed by atoms with Crippen LogP contribution in [0.5, 0.6) is 0 Å². The molecule has 1 N–H and O–H groups in total. The quantitative estimate of drug-likeness (QED) is 0.836. The Labute approximate surface area is 111 Å². The maximum Gasteiger partial charge on any atom is 0.409 e. The first kappa shape index (κ1) is 12.0. The fourth-order valence-electron chi connectivity index (χ4n) is 2.96. The molecule has 0 saturated carbocycles. The molecule has 5 nitrogen and oxygen atoms in total. The molecule has 1 atom stereocenters. The molecule has 100 valence electrons. The number of nitrogens with zero attached hydrogens (tertiary/aromatic N) is 1. The number of para-hydroxylation sites is 1. The number of carbonyl (C=O) groups is 2. The molecular weight excluding hydrogens is 244 g/mol. The summed E-state index contributed by atoms with van der Waals surface area (Å²) in [5.41, 5.74) is 1.26. The molecule has 1 aromatic rings. The van der Waals surface area contributed by atoms with Gasteiger partial charge in [0, 0.05) is 18.8 Å². The van der Waals surface area contributed by atoms with Gasteiger partial charge in [-0.3, -0.25) is 4.79 Å². The summed E-state index contributed by atoms with van der Waals surface area (Å²) in [7, 11) is 0. The van der Waals surface area contributed by atoms with Gasteiger partial charge in [0.15, 0.2) is 0 Å². The number of benzene rings is 1. The summed E-state index contributed by atoms with van der Waals surface area (Å²) < 4.78 is 5.01. The minimum Gasteiger partial charge on any atom is -0.450 e. The number of ether oxygens (including phenoxy) is 1. The smallest absolute Gasteiger partial charge is 0.409 e. The minimum absolute atomic E-state index is 0.0134. The first-order valence-corrected chi connectivity index (χ1v) is 6.50. The highest BCUT2D eigenvalue weighted by atomic mass is 16.6. The van der Waals surface area contributed by atoms with Crippen molar-refractivity contribution in [2.45, 2.75) is 18.8 Å². The van der Waals surface area contributed by atoms with E-state index in [1.165, 1.54) is 0 Å². The molecule has 1 saturated heterocycles. The second-order valence-corrected chi connectivity index (χ2v) is 4.95. The fourth-order valence-corrected chi connectivity index (χ4v) is 2.96. The zero-order valence-electron chi connectivity index (χ0n) is 10.8. The number of rotatable bonds is 1. The number of hydrogen-bond acceptors (Lipinski definition) is 3. The van der Waals surface area contributed by atoms with Gasteiger partial charge in [-0.05, 0) is 25.0 Å². The monoisotopic (exact) mass is 260 g/mol. The van der Waals surface area contributed by atoms with Crippen LogP contribution in [0.4, 0.5) is 10.5 Å². The highest BCUT2D eigenvalue weighted by Crippen LogP contribution is 2.44. The molecule has 1 aromatic carbocycles. The van der Waals surface area contributed by atoms with Crippen LogP contribution >= 0.6 is 0 Å². The van der Waals surface area contributed by atoms with E-state index in [4.69, 9.17) is 4.74 Å². The molecule has 3 rings (SSSR count). The summed E-state index contributed by atoms with van der Waals surface area (Å²) in [5.74, 6) is -0.0134. The summed E-state index contributed by atoms with van der Waals surface area (Å²) in [5, 5.41) is 2.90. The number of fused-ring (bicyclic) bond motifs is 2. The summed E-state index contributed by atoms with van der Waals surface area (Å²) in [6.45, 7) is 3.09. The Kier molecular flexibility index (Phi) is 2.69. The van der Waals surface area contributed by atoms with Crippen molar-refractivity contribution in [2.24, 2.45) is 0 Å². The second-order valence-electron chi connectivity index (χ2n) is 4.95. The third-order valence-corrected chi connectivity index (χ3v) is 3.92. The molecule has 2 amide bonds. The van der Waals surface area contributed by atoms with Gasteiger partial charge in [-0.1, -0.05) is 18.2 Å². The molecule has 1 fully saturated rings. The standard InChI is InChI=1S/C14H16N2O3/c1-2-19-13(18)16-8-7-14(9-16)10-5-3-4-6-11(10)15-12(14)17/h3-6H,2,7-9H2,1H3,(H,15,17)/t14-/m0/s1. The van der Waals surface area contributed by atoms with Gasteiger partial charge in [-0.2, -0.15) is 0 Å². The fraction of sp³-hybridized carbons (Fsp3) is 0.429. The average molecular weight is 260 g/mol. The van der Waals surface area contributed by atoms with Crippen molar-refractivity contribution in [3.05, 3.63) is 29.8 Å². The van der Waals surface area contributed by atoms with Crippen LogP contribution in [0.3, 0.4) is 0 Å². The van der Waals surface area contributed by atoms with Gasteiger partial charge >= 0.3 is 6.09 Å². The summed E-state index contributed by atoms with van der Waals surface area (Å²) in [6, 6.07) is 7.68. The highest BCUT2D eigenvalue weighted by molar-refractivity contribution is 6.07. The summed E-state index contributed by atoms with van der Waals surface area (Å²) >= 11 is 0. The van der Waals surface area contributed by atoms with Crippen molar-refractivity contribution < 1.29 is 14.3 Å². The van der Waals surface area contributed by atoms with E-state index < -0.39 is 5.41 Å². The largest absolute Gasteiger partial charge is 0.450 e. The number of nitrogens with one attached hydrogen (secondary N) is 1. The zero-order chi connectivity index (χ0) is 13.5. The Morgan fingerprint density at radius 3 is 3.05 bits per heavy atom. The third kappa shape index (κ3) is 1.69. The van der Waals surface area contributed by atoms with Gasteiger partial charge in [0.1, 0.15) is 0 Å². The number of likely N-dealkylation sites (tertiary alicyclic amines) is 1. The first-order valence-electron chi connectivity index (χ1n) is 6.50. The molecule has 2 heterocycles. The van der Waals surface area contributed by atoms with Crippen LogP contribution in [0.2, 0.25) is 0 Å². The molecule has 5 heteroatoms. The maximum absolute atomic E-state index is 12.3. The number of amides is 2. The lowest BCUT2D eigenvalue weighted by Gasteiger charge is -2.22. The second kappa shape index (κ2) is 4.26. The summed E-state index contributed by atoms with van der Waals surface area (Å²) in [6.07, 6.45) is 0.311. The SMILES string of the molecule is CCOC(=O)N1CC[C@@]2(C1)C(=O)Nc1ccccc12. The topological polar surface area (TPSA) is 58.6 Å². The van der Waals surface area contributed by atoms with Crippen LogP contribution in [0.15, 0.2) is 24.3 Å². The molecule has 1 spiro atoms. The maximum atomic E-state index is 12.3. The van der Waals surface area contributed by atoms with Crippen LogP contribution in [0.1, 0.15) is 18.9 Å². The molecule has 0 aromatic heterocycles. The third-order valence-electron chi connectivity index (χ3n) is 3.92. The first-order chi connectivity index (χ1) is 9.17. The van der Waals surface area contributed by atoms with E-state index in [0.717, 1.165) is 11.3 Å². The van der Waals surface area contributed by atoms with Crippen molar-refractivity contribution in [3.63, 3.8) is 0 Å². The Morgan fingerprint density at radius 1 is 1.47 bits per heavy atom. The lowest BCUT2D eigenvalue weighted by molar-refractivity contribution is -0.120. The van der Waals surface area contributed by atoms with E-state index >= 15 is 0 Å². The molecule has 0 aliphatic carbocycles. The van der Waals surface area contributed by atoms with Crippen LogP contribution in [0.25, 0.3) is 0 Å². The normalized spacial score (nSPS) is 24.5. The van der Waals surface area contributed by atoms with Crippen LogP contribution in [-0.2, 0) is 14.9 Å². The van der Waals surface area contributed by atoms with E-state index in [9.17, 15) is 9.59 Å². The minimum atomic E-state index is -0.594. The van der Waals surface area contributed by atoms with Crippen molar-refractivity contribution in [1.29, 1.82) is 0 Å². The molecular formula is C14H16N2O3. The molecule has 2 aliphatic heterocycles. The average Bonchev–Trinajstić information content (AvgIpc) is 2.96. The van der Waals surface area contributed by atoms with Crippen molar-refractivity contribution in [3.8, 4) is 0 Å². The van der Waals surface area contributed by atoms with Crippen LogP contribution < -0.4 is 5.32 Å². The van der Waals surface area contributed by atoms with E-state index in [2.05, 4.69) is 5.32 Å². The predicted molar refractivity (Wildman–Crippen MR) is 70.0 cm³/mol. The molecule has 2 aliphatic rings. The Balaban J connectivity index is 1.90. The Hall–Kier alpha value is -2.04. The van der Waals surface area contributed by atoms with Gasteiger partial charge in [-0.25, -0.2) is 4.79 Å². The van der Waals surface area contributed by atoms with Gasteiger partial charge in [0.05, 0.1) is 12.0 Å². The van der Waals surface area contributed by atoms with Crippen molar-refractivity contribution in [2.75, 3.05) is 25.0 Å². The van der Waals surface area contributed by atoms with E-state index in [1.54, 1.807) is 11.8 Å². The number of hydrogen-bond donors (Lipinski definition) is 1. The Morgan fingerprint density at radius 2 is 2.26 bits per heavy atom. The highest BCUT2D eigenvalue weighted by Gasteiger charge is 2.52. The van der Waals surface area contributed by atoms with E-state index in [1.807, 2.05) is 24.3 Å². The van der Waals surface area contributed by atoms with E-state index in [-0.39, 0.29) is 12.0 Å². The van der Waals surface area contributed by atoms with Gasteiger partial charge in [0.2, 0.25) is 5.91 Å². The van der Waals surface area contributed by atoms with Gasteiger partial charge in [-0.15, -0.1) is 0 Å². The van der Waals surface area contributed by atoms with Gasteiger partial charge in [0.25, 0.3) is 0 Å². The van der Waals surface area contributed by atoms with Crippen LogP contribution in [-0.4, -0.2) is 36.6 Å². The number of carbonyl (C=O) groups excluding carboxylic acids is 2. The lowest BCUT2D eigenvalue weighted by atomic mass is 9.81. The molecule has 0 radical (unpaired) electrons. The van der Waals surface area contributed by atoms with Gasteiger partial charge < -0.3 is 15.0 Å². The molecule has 19 heavy (non-hydrogen) atoms. The summed E-state index contributed by atoms with van der Waals surface area (Å²) in [4.78, 5) is 25.7. The lowest BCUT2D eigenvalue weighted by Crippen LogP contribution is -2.39. The zero-order valence-corrected chi connectivity index (χ0v) is 10.8. The van der Waals surface area contributed by atoms with Crippen molar-refractivity contribution >= 4 is 17.7 Å². The molecule has 0 unspecified atom stereocenters. The van der Waals surface area contributed by atoms with E-state index in [0.29, 0.717) is 26.1 Å². The van der Waals surface area contributed by atoms with Crippen LogP contribution in [0, 0.1) is 0 Å². The molecule has 0 bridgehead atoms. The van der Waals surface area contributed by atoms with Crippen molar-refractivity contribution in [1.82, 2.24) is 4.90 Å². The number of anilines is 1. The Bertz CT molecular complexity index is 543. The predicted octanol–water partition coefficient (Wildman–Crippen LogP) is 1.74.